The first kappa shape index (κ1) is 22.4. The molecular formula is C27H26FN3O2. The zero-order valence-corrected chi connectivity index (χ0v) is 18.4. The topological polar surface area (TPSA) is 70.1 Å². The second-order valence-electron chi connectivity index (χ2n) is 8.04. The number of carbonyl (C=O) groups is 1. The highest BCUT2D eigenvalue weighted by Crippen LogP contribution is 2.40. The molecule has 33 heavy (non-hydrogen) atoms. The van der Waals surface area contributed by atoms with E-state index < -0.39 is 23.7 Å². The van der Waals surface area contributed by atoms with Crippen LogP contribution in [0.15, 0.2) is 104 Å². The zero-order chi connectivity index (χ0) is 23.3. The molecule has 1 aromatic heterocycles. The van der Waals surface area contributed by atoms with Crippen molar-refractivity contribution in [3.8, 4) is 0 Å². The molecule has 0 saturated carbocycles. The van der Waals surface area contributed by atoms with Gasteiger partial charge in [0.25, 0.3) is 0 Å². The summed E-state index contributed by atoms with van der Waals surface area (Å²) in [6.07, 6.45) is 3.45. The Morgan fingerprint density at radius 1 is 0.909 bits per heavy atom. The number of benzene rings is 3. The number of nitrogens with zero attached hydrogens (tertiary/aromatic N) is 2. The smallest absolute Gasteiger partial charge is 0.328 e. The number of hydrogen-bond donors (Lipinski definition) is 1. The van der Waals surface area contributed by atoms with Crippen LogP contribution in [0.2, 0.25) is 0 Å². The number of esters is 1. The summed E-state index contributed by atoms with van der Waals surface area (Å²) in [6, 6.07) is 30.4. The van der Waals surface area contributed by atoms with Gasteiger partial charge in [-0.05, 0) is 16.7 Å². The third kappa shape index (κ3) is 4.05. The number of ether oxygens (including phenoxy) is 1. The highest BCUT2D eigenvalue weighted by Gasteiger charge is 2.40. The normalized spacial score (nSPS) is 13.3. The van der Waals surface area contributed by atoms with E-state index in [9.17, 15) is 9.18 Å². The highest BCUT2D eigenvalue weighted by molar-refractivity contribution is 5.81. The molecular weight excluding hydrogens is 417 g/mol. The Morgan fingerprint density at radius 2 is 1.36 bits per heavy atom. The summed E-state index contributed by atoms with van der Waals surface area (Å²) >= 11 is 0. The first-order valence-electron chi connectivity index (χ1n) is 10.7. The van der Waals surface area contributed by atoms with Crippen LogP contribution in [-0.4, -0.2) is 34.8 Å². The van der Waals surface area contributed by atoms with Gasteiger partial charge in [-0.1, -0.05) is 91.0 Å². The molecule has 0 aliphatic heterocycles. The second kappa shape index (κ2) is 9.38. The minimum absolute atomic E-state index is 0.0857. The average molecular weight is 444 g/mol. The van der Waals surface area contributed by atoms with Crippen molar-refractivity contribution >= 4 is 5.97 Å². The molecule has 0 radical (unpaired) electrons. The molecule has 0 fully saturated rings. The molecule has 0 bridgehead atoms. The highest BCUT2D eigenvalue weighted by atomic mass is 19.1. The predicted molar refractivity (Wildman–Crippen MR) is 125 cm³/mol. The molecule has 5 nitrogen and oxygen atoms in total. The molecule has 0 aliphatic rings. The number of halogens is 1. The lowest BCUT2D eigenvalue weighted by atomic mass is 9.76. The molecule has 6 heteroatoms. The van der Waals surface area contributed by atoms with E-state index in [0.717, 1.165) is 16.7 Å². The lowest BCUT2D eigenvalue weighted by molar-refractivity contribution is -0.147. The van der Waals surface area contributed by atoms with Crippen molar-refractivity contribution in [2.75, 3.05) is 13.8 Å². The average Bonchev–Trinajstić information content (AvgIpc) is 3.34. The van der Waals surface area contributed by atoms with Gasteiger partial charge in [-0.2, -0.15) is 0 Å². The van der Waals surface area contributed by atoms with Crippen molar-refractivity contribution in [2.24, 2.45) is 5.73 Å². The van der Waals surface area contributed by atoms with Gasteiger partial charge >= 0.3 is 5.97 Å². The fraction of sp³-hybridized carbons (Fsp3) is 0.185. The van der Waals surface area contributed by atoms with E-state index in [1.807, 2.05) is 65.4 Å². The standard InChI is InChI=1S/C27H26FN3O2/c1-33-25(32)26(29,19-28)17-24-18-31(20-30-24)27(21-11-5-2-6-12-21,22-13-7-3-8-14-22)23-15-9-4-10-16-23/h2-16,18,20H,17,19,29H2,1H3. The van der Waals surface area contributed by atoms with Crippen molar-refractivity contribution in [3.63, 3.8) is 0 Å². The number of rotatable bonds is 8. The van der Waals surface area contributed by atoms with Crippen LogP contribution in [0.25, 0.3) is 0 Å². The molecule has 168 valence electrons. The summed E-state index contributed by atoms with van der Waals surface area (Å²) in [7, 11) is 1.20. The molecule has 0 spiro atoms. The number of imidazole rings is 1. The minimum atomic E-state index is -1.79. The lowest BCUT2D eigenvalue weighted by Crippen LogP contribution is -2.52. The number of nitrogens with two attached hydrogens (primary N) is 1. The second-order valence-corrected chi connectivity index (χ2v) is 8.04. The fourth-order valence-electron chi connectivity index (χ4n) is 4.32. The molecule has 1 atom stereocenters. The summed E-state index contributed by atoms with van der Waals surface area (Å²) < 4.78 is 20.5. The van der Waals surface area contributed by atoms with Crippen LogP contribution in [0, 0.1) is 0 Å². The minimum Gasteiger partial charge on any atom is -0.468 e. The van der Waals surface area contributed by atoms with Crippen LogP contribution < -0.4 is 5.73 Å². The molecule has 2 N–H and O–H groups in total. The van der Waals surface area contributed by atoms with E-state index in [-0.39, 0.29) is 6.42 Å². The summed E-state index contributed by atoms with van der Waals surface area (Å²) in [5.41, 5.74) is 7.09. The third-order valence-corrected chi connectivity index (χ3v) is 5.93. The maximum absolute atomic E-state index is 13.7. The van der Waals surface area contributed by atoms with Crippen LogP contribution in [-0.2, 0) is 21.5 Å². The molecule has 1 unspecified atom stereocenters. The maximum Gasteiger partial charge on any atom is 0.328 e. The summed E-state index contributed by atoms with van der Waals surface area (Å²) in [6.45, 7) is -1.05. The van der Waals surface area contributed by atoms with Gasteiger partial charge in [0.1, 0.15) is 17.8 Å². The summed E-state index contributed by atoms with van der Waals surface area (Å²) in [4.78, 5) is 16.6. The van der Waals surface area contributed by atoms with E-state index in [0.29, 0.717) is 5.69 Å². The van der Waals surface area contributed by atoms with Crippen molar-refractivity contribution in [1.29, 1.82) is 0 Å². The summed E-state index contributed by atoms with van der Waals surface area (Å²) in [5, 5.41) is 0. The zero-order valence-electron chi connectivity index (χ0n) is 18.4. The number of aromatic nitrogens is 2. The Kier molecular flexibility index (Phi) is 6.38. The molecule has 0 amide bonds. The van der Waals surface area contributed by atoms with Gasteiger partial charge in [0.05, 0.1) is 19.1 Å². The number of carbonyl (C=O) groups excluding carboxylic acids is 1. The Bertz CT molecular complexity index is 1100. The first-order chi connectivity index (χ1) is 16.0. The first-order valence-corrected chi connectivity index (χ1v) is 10.7. The van der Waals surface area contributed by atoms with Gasteiger partial charge in [-0.3, -0.25) is 0 Å². The molecule has 3 aromatic carbocycles. The Morgan fingerprint density at radius 3 is 1.76 bits per heavy atom. The van der Waals surface area contributed by atoms with Gasteiger partial charge in [0.15, 0.2) is 0 Å². The van der Waals surface area contributed by atoms with Gasteiger partial charge in [0.2, 0.25) is 0 Å². The van der Waals surface area contributed by atoms with Gasteiger partial charge < -0.3 is 15.0 Å². The lowest BCUT2D eigenvalue weighted by Gasteiger charge is -2.37. The van der Waals surface area contributed by atoms with E-state index in [4.69, 9.17) is 10.5 Å². The van der Waals surface area contributed by atoms with E-state index in [1.165, 1.54) is 7.11 Å². The molecule has 1 heterocycles. The van der Waals surface area contributed by atoms with Crippen LogP contribution in [0.1, 0.15) is 22.4 Å². The number of hydrogen-bond acceptors (Lipinski definition) is 4. The molecule has 4 rings (SSSR count). The maximum atomic E-state index is 13.7. The molecule has 0 aliphatic carbocycles. The van der Waals surface area contributed by atoms with E-state index in [1.54, 1.807) is 6.33 Å². The van der Waals surface area contributed by atoms with Crippen LogP contribution >= 0.6 is 0 Å². The van der Waals surface area contributed by atoms with Gasteiger partial charge in [-0.25, -0.2) is 14.2 Å². The Balaban J connectivity index is 1.93. The number of alkyl halides is 1. The molecule has 4 aromatic rings. The largest absolute Gasteiger partial charge is 0.468 e. The van der Waals surface area contributed by atoms with Gasteiger partial charge in [-0.15, -0.1) is 0 Å². The van der Waals surface area contributed by atoms with Crippen LogP contribution in [0.4, 0.5) is 4.39 Å². The summed E-state index contributed by atoms with van der Waals surface area (Å²) in [5.74, 6) is -0.806. The number of methoxy groups -OCH3 is 1. The SMILES string of the molecule is COC(=O)C(N)(CF)Cc1cn(C(c2ccccc2)(c2ccccc2)c2ccccc2)cn1. The van der Waals surface area contributed by atoms with Crippen LogP contribution in [0.5, 0.6) is 0 Å². The van der Waals surface area contributed by atoms with E-state index >= 15 is 0 Å². The third-order valence-electron chi connectivity index (χ3n) is 5.93. The monoisotopic (exact) mass is 443 g/mol. The van der Waals surface area contributed by atoms with E-state index in [2.05, 4.69) is 41.4 Å². The molecule has 0 saturated heterocycles. The van der Waals surface area contributed by atoms with Crippen molar-refractivity contribution in [3.05, 3.63) is 126 Å². The van der Waals surface area contributed by atoms with Gasteiger partial charge in [0, 0.05) is 12.6 Å². The predicted octanol–water partition coefficient (Wildman–Crippen LogP) is 4.11. The Hall–Kier alpha value is -3.77. The van der Waals surface area contributed by atoms with Crippen molar-refractivity contribution < 1.29 is 13.9 Å². The Labute approximate surface area is 192 Å². The van der Waals surface area contributed by atoms with Crippen molar-refractivity contribution in [1.82, 2.24) is 9.55 Å². The van der Waals surface area contributed by atoms with Crippen LogP contribution in [0.3, 0.4) is 0 Å². The quantitative estimate of drug-likeness (QED) is 0.329. The van der Waals surface area contributed by atoms with Crippen molar-refractivity contribution in [2.45, 2.75) is 17.5 Å². The fourth-order valence-corrected chi connectivity index (χ4v) is 4.32.